The van der Waals surface area contributed by atoms with E-state index < -0.39 is 12.1 Å². The molecule has 1 aromatic carbocycles. The SMILES string of the molecule is C[C@@H]1CCC[C@@H](C)N1C(=O)[C@@H](C)OC(=O)c1ccccc1SCC(=O)N(C)C. The predicted octanol–water partition coefficient (Wildman–Crippen LogP) is 3.20. The summed E-state index contributed by atoms with van der Waals surface area (Å²) in [5.41, 5.74) is 0.374. The van der Waals surface area contributed by atoms with E-state index in [1.165, 1.54) is 16.7 Å². The maximum Gasteiger partial charge on any atom is 0.340 e. The summed E-state index contributed by atoms with van der Waals surface area (Å²) in [6, 6.07) is 7.30. The van der Waals surface area contributed by atoms with Gasteiger partial charge >= 0.3 is 5.97 Å². The van der Waals surface area contributed by atoms with Crippen LogP contribution in [0.3, 0.4) is 0 Å². The Hall–Kier alpha value is -2.02. The zero-order valence-corrected chi connectivity index (χ0v) is 18.1. The van der Waals surface area contributed by atoms with Crippen LogP contribution in [0.15, 0.2) is 29.2 Å². The van der Waals surface area contributed by atoms with Crippen LogP contribution in [0, 0.1) is 0 Å². The Bertz CT molecular complexity index is 712. The van der Waals surface area contributed by atoms with Gasteiger partial charge in [0.15, 0.2) is 6.10 Å². The highest BCUT2D eigenvalue weighted by molar-refractivity contribution is 8.00. The number of benzene rings is 1. The Kier molecular flexibility index (Phi) is 7.92. The predicted molar refractivity (Wildman–Crippen MR) is 110 cm³/mol. The third kappa shape index (κ3) is 5.50. The van der Waals surface area contributed by atoms with Crippen LogP contribution in [0.5, 0.6) is 0 Å². The molecule has 1 aromatic rings. The van der Waals surface area contributed by atoms with Gasteiger partial charge in [-0.25, -0.2) is 4.79 Å². The van der Waals surface area contributed by atoms with Crippen molar-refractivity contribution in [1.29, 1.82) is 0 Å². The molecule has 1 fully saturated rings. The topological polar surface area (TPSA) is 66.9 Å². The minimum Gasteiger partial charge on any atom is -0.449 e. The summed E-state index contributed by atoms with van der Waals surface area (Å²) in [6.45, 7) is 5.70. The molecule has 0 bridgehead atoms. The van der Waals surface area contributed by atoms with Gasteiger partial charge in [-0.2, -0.15) is 0 Å². The molecular formula is C21H30N2O4S. The molecule has 0 spiro atoms. The van der Waals surface area contributed by atoms with Crippen LogP contribution in [0.4, 0.5) is 0 Å². The zero-order valence-electron chi connectivity index (χ0n) is 17.3. The van der Waals surface area contributed by atoms with Crippen molar-refractivity contribution in [2.75, 3.05) is 19.8 Å². The van der Waals surface area contributed by atoms with Crippen molar-refractivity contribution in [2.24, 2.45) is 0 Å². The fourth-order valence-electron chi connectivity index (χ4n) is 3.37. The summed E-state index contributed by atoms with van der Waals surface area (Å²) in [4.78, 5) is 41.4. The van der Waals surface area contributed by atoms with Crippen molar-refractivity contribution >= 4 is 29.5 Å². The van der Waals surface area contributed by atoms with Gasteiger partial charge in [0.2, 0.25) is 5.91 Å². The van der Waals surface area contributed by atoms with E-state index in [0.717, 1.165) is 19.3 Å². The molecule has 0 saturated carbocycles. The summed E-state index contributed by atoms with van der Waals surface area (Å²) in [7, 11) is 3.39. The van der Waals surface area contributed by atoms with Crippen molar-refractivity contribution in [3.05, 3.63) is 29.8 Å². The number of hydrogen-bond acceptors (Lipinski definition) is 5. The number of carbonyl (C=O) groups is 3. The molecule has 0 unspecified atom stereocenters. The molecule has 1 aliphatic rings. The molecule has 7 heteroatoms. The van der Waals surface area contributed by atoms with Gasteiger partial charge in [-0.05, 0) is 52.2 Å². The molecule has 2 amide bonds. The number of ether oxygens (including phenoxy) is 1. The number of thioether (sulfide) groups is 1. The van der Waals surface area contributed by atoms with Crippen LogP contribution in [0.2, 0.25) is 0 Å². The Morgan fingerprint density at radius 1 is 1.18 bits per heavy atom. The number of esters is 1. The van der Waals surface area contributed by atoms with Crippen molar-refractivity contribution in [1.82, 2.24) is 9.80 Å². The molecule has 0 aromatic heterocycles. The van der Waals surface area contributed by atoms with Gasteiger partial charge in [-0.1, -0.05) is 12.1 Å². The molecule has 0 aliphatic carbocycles. The first kappa shape index (κ1) is 22.3. The first-order chi connectivity index (χ1) is 13.2. The summed E-state index contributed by atoms with van der Waals surface area (Å²) in [6.07, 6.45) is 2.19. The molecule has 28 heavy (non-hydrogen) atoms. The number of hydrogen-bond donors (Lipinski definition) is 0. The van der Waals surface area contributed by atoms with Crippen molar-refractivity contribution in [3.8, 4) is 0 Å². The normalized spacial score (nSPS) is 20.4. The highest BCUT2D eigenvalue weighted by Crippen LogP contribution is 2.26. The molecule has 1 saturated heterocycles. The fraction of sp³-hybridized carbons (Fsp3) is 0.571. The van der Waals surface area contributed by atoms with E-state index in [2.05, 4.69) is 0 Å². The molecule has 2 rings (SSSR count). The monoisotopic (exact) mass is 406 g/mol. The van der Waals surface area contributed by atoms with Crippen LogP contribution in [0.25, 0.3) is 0 Å². The number of rotatable bonds is 6. The van der Waals surface area contributed by atoms with E-state index in [-0.39, 0.29) is 29.7 Å². The van der Waals surface area contributed by atoms with E-state index in [0.29, 0.717) is 10.5 Å². The summed E-state index contributed by atoms with van der Waals surface area (Å²) >= 11 is 1.29. The van der Waals surface area contributed by atoms with Gasteiger partial charge in [-0.3, -0.25) is 9.59 Å². The Balaban J connectivity index is 2.05. The minimum atomic E-state index is -0.850. The number of nitrogens with zero attached hydrogens (tertiary/aromatic N) is 2. The van der Waals surface area contributed by atoms with Crippen LogP contribution in [-0.2, 0) is 14.3 Å². The lowest BCUT2D eigenvalue weighted by molar-refractivity contribution is -0.146. The molecule has 0 N–H and O–H groups in total. The fourth-order valence-corrected chi connectivity index (χ4v) is 4.39. The number of amides is 2. The lowest BCUT2D eigenvalue weighted by atomic mass is 9.97. The molecule has 1 aliphatic heterocycles. The maximum atomic E-state index is 12.9. The largest absolute Gasteiger partial charge is 0.449 e. The lowest BCUT2D eigenvalue weighted by Crippen LogP contribution is -2.51. The molecule has 3 atom stereocenters. The van der Waals surface area contributed by atoms with Gasteiger partial charge in [-0.15, -0.1) is 11.8 Å². The maximum absolute atomic E-state index is 12.9. The average Bonchev–Trinajstić information content (AvgIpc) is 2.65. The molecule has 0 radical (unpaired) electrons. The van der Waals surface area contributed by atoms with Crippen LogP contribution < -0.4 is 0 Å². The van der Waals surface area contributed by atoms with Gasteiger partial charge in [0.25, 0.3) is 5.91 Å². The first-order valence-electron chi connectivity index (χ1n) is 9.67. The Morgan fingerprint density at radius 3 is 2.39 bits per heavy atom. The minimum absolute atomic E-state index is 0.0372. The van der Waals surface area contributed by atoms with E-state index in [4.69, 9.17) is 4.74 Å². The first-order valence-corrected chi connectivity index (χ1v) is 10.7. The molecule has 154 valence electrons. The molecule has 1 heterocycles. The number of likely N-dealkylation sites (tertiary alicyclic amines) is 1. The smallest absolute Gasteiger partial charge is 0.340 e. The molecule has 6 nitrogen and oxygen atoms in total. The third-order valence-corrected chi connectivity index (χ3v) is 6.09. The second-order valence-electron chi connectivity index (χ2n) is 7.49. The summed E-state index contributed by atoms with van der Waals surface area (Å²) in [5, 5.41) is 0. The Labute approximate surface area is 171 Å². The van der Waals surface area contributed by atoms with Crippen LogP contribution in [0.1, 0.15) is 50.4 Å². The number of carbonyl (C=O) groups excluding carboxylic acids is 3. The van der Waals surface area contributed by atoms with Crippen LogP contribution in [-0.4, -0.2) is 65.6 Å². The van der Waals surface area contributed by atoms with Gasteiger partial charge in [0.1, 0.15) is 0 Å². The van der Waals surface area contributed by atoms with E-state index >= 15 is 0 Å². The van der Waals surface area contributed by atoms with Crippen LogP contribution >= 0.6 is 11.8 Å². The highest BCUT2D eigenvalue weighted by Gasteiger charge is 2.33. The quantitative estimate of drug-likeness (QED) is 0.536. The van der Waals surface area contributed by atoms with Gasteiger partial charge < -0.3 is 14.5 Å². The van der Waals surface area contributed by atoms with Crippen molar-refractivity contribution in [2.45, 2.75) is 63.1 Å². The summed E-state index contributed by atoms with van der Waals surface area (Å²) < 4.78 is 5.50. The second kappa shape index (κ2) is 9.96. The highest BCUT2D eigenvalue weighted by atomic mass is 32.2. The Morgan fingerprint density at radius 2 is 1.79 bits per heavy atom. The van der Waals surface area contributed by atoms with E-state index in [1.807, 2.05) is 24.8 Å². The van der Waals surface area contributed by atoms with Crippen molar-refractivity contribution < 1.29 is 19.1 Å². The molecular weight excluding hydrogens is 376 g/mol. The van der Waals surface area contributed by atoms with Crippen molar-refractivity contribution in [3.63, 3.8) is 0 Å². The third-order valence-electron chi connectivity index (χ3n) is 5.04. The standard InChI is InChI=1S/C21H30N2O4S/c1-14-9-8-10-15(2)23(14)20(25)16(3)27-21(26)17-11-6-7-12-18(17)28-13-19(24)22(4)5/h6-7,11-12,14-16H,8-10,13H2,1-5H3/t14-,15-,16-/m1/s1. The summed E-state index contributed by atoms with van der Waals surface area (Å²) in [5.74, 6) is -0.501. The van der Waals surface area contributed by atoms with E-state index in [1.54, 1.807) is 39.2 Å². The van der Waals surface area contributed by atoms with Gasteiger partial charge in [0.05, 0.1) is 11.3 Å². The lowest BCUT2D eigenvalue weighted by Gasteiger charge is -2.40. The zero-order chi connectivity index (χ0) is 20.8. The number of piperidine rings is 1. The average molecular weight is 407 g/mol. The second-order valence-corrected chi connectivity index (χ2v) is 8.51. The van der Waals surface area contributed by atoms with Gasteiger partial charge in [0, 0.05) is 31.1 Å². The van der Waals surface area contributed by atoms with E-state index in [9.17, 15) is 14.4 Å².